The molecule has 0 saturated carbocycles. The fraction of sp³-hybridized carbons (Fsp3) is 0.128. The summed E-state index contributed by atoms with van der Waals surface area (Å²) in [5.74, 6) is -1.59. The van der Waals surface area contributed by atoms with Crippen molar-refractivity contribution in [2.24, 2.45) is 4.99 Å². The van der Waals surface area contributed by atoms with Crippen LogP contribution in [0.1, 0.15) is 41.0 Å². The molecule has 7 nitrogen and oxygen atoms in total. The molecule has 3 amide bonds. The Bertz CT molecular complexity index is 1940. The van der Waals surface area contributed by atoms with Gasteiger partial charge in [-0.15, -0.1) is 0 Å². The van der Waals surface area contributed by atoms with Crippen LogP contribution < -0.4 is 5.32 Å². The number of allylic oxidation sites excluding steroid dienone is 4. The molecule has 0 spiro atoms. The normalized spacial score (nSPS) is 14.6. The van der Waals surface area contributed by atoms with Crippen molar-refractivity contribution in [3.8, 4) is 5.69 Å². The van der Waals surface area contributed by atoms with Crippen LogP contribution in [0.4, 0.5) is 0 Å². The summed E-state index contributed by atoms with van der Waals surface area (Å²) < 4.78 is 1.98. The van der Waals surface area contributed by atoms with Gasteiger partial charge in [0, 0.05) is 17.1 Å². The molecule has 242 valence electrons. The summed E-state index contributed by atoms with van der Waals surface area (Å²) in [6.07, 6.45) is 8.30. The first-order valence-corrected chi connectivity index (χ1v) is 16.7. The summed E-state index contributed by atoms with van der Waals surface area (Å²) in [4.78, 5) is 46.8. The largest absolute Gasteiger partial charge is 0.344 e. The van der Waals surface area contributed by atoms with E-state index in [0.717, 1.165) is 40.0 Å². The van der Waals surface area contributed by atoms with Crippen LogP contribution in [0, 0.1) is 13.8 Å². The Labute approximate surface area is 290 Å². The van der Waals surface area contributed by atoms with Gasteiger partial charge in [0.25, 0.3) is 11.8 Å². The molecule has 0 radical (unpaired) electrons. The maximum atomic E-state index is 14.1. The number of nitrogens with one attached hydrogen (secondary N) is 1. The molecular formula is C39H35ClN4O3S. The second kappa shape index (κ2) is 15.6. The standard InChI is InChI=1S/C39H35ClN4O3S/c1-5-7-20-31(6-2)44-38(47)32(24-30-23-26(3)43(27(30)4)34-22-15-14-21-33(34)40)37(46)42-39(44)48-25-35(45)41-36(28-16-10-8-11-17-28)29-18-12-9-13-19-29/h5-24,36H,1,25H2,2-4H3,(H,41,45)/b20-7-,31-6+,32-24+. The molecule has 0 bridgehead atoms. The number of halogens is 1. The molecule has 5 rings (SSSR count). The minimum Gasteiger partial charge on any atom is -0.344 e. The van der Waals surface area contributed by atoms with Gasteiger partial charge in [0.05, 0.1) is 22.5 Å². The molecule has 0 fully saturated rings. The fourth-order valence-electron chi connectivity index (χ4n) is 5.49. The summed E-state index contributed by atoms with van der Waals surface area (Å²) in [6.45, 7) is 9.36. The summed E-state index contributed by atoms with van der Waals surface area (Å²) in [5, 5.41) is 3.80. The number of aromatic nitrogens is 1. The molecule has 0 aliphatic carbocycles. The third kappa shape index (κ3) is 7.51. The first-order chi connectivity index (χ1) is 23.2. The number of para-hydroxylation sites is 1. The monoisotopic (exact) mass is 674 g/mol. The van der Waals surface area contributed by atoms with Gasteiger partial charge in [0.15, 0.2) is 5.17 Å². The molecule has 1 aromatic heterocycles. The van der Waals surface area contributed by atoms with E-state index in [1.54, 1.807) is 37.3 Å². The van der Waals surface area contributed by atoms with Gasteiger partial charge < -0.3 is 9.88 Å². The van der Waals surface area contributed by atoms with E-state index in [9.17, 15) is 14.4 Å². The Kier molecular flexibility index (Phi) is 11.1. The Morgan fingerprint density at radius 3 is 2.21 bits per heavy atom. The van der Waals surface area contributed by atoms with Gasteiger partial charge in [-0.05, 0) is 67.8 Å². The lowest BCUT2D eigenvalue weighted by atomic mass is 9.99. The lowest BCUT2D eigenvalue weighted by Gasteiger charge is -2.28. The number of aryl methyl sites for hydroxylation is 1. The van der Waals surface area contributed by atoms with Crippen molar-refractivity contribution in [1.29, 1.82) is 0 Å². The van der Waals surface area contributed by atoms with Crippen LogP contribution in [-0.4, -0.2) is 38.1 Å². The van der Waals surface area contributed by atoms with Gasteiger partial charge >= 0.3 is 0 Å². The van der Waals surface area contributed by atoms with Gasteiger partial charge in [-0.2, -0.15) is 4.99 Å². The predicted molar refractivity (Wildman–Crippen MR) is 196 cm³/mol. The van der Waals surface area contributed by atoms with Gasteiger partial charge in [-0.1, -0.05) is 121 Å². The molecule has 1 aliphatic rings. The smallest absolute Gasteiger partial charge is 0.285 e. The number of aliphatic imine (C=N–C) groups is 1. The highest BCUT2D eigenvalue weighted by atomic mass is 35.5. The lowest BCUT2D eigenvalue weighted by molar-refractivity contribution is -0.126. The highest BCUT2D eigenvalue weighted by Gasteiger charge is 2.35. The minimum absolute atomic E-state index is 0.0771. The third-order valence-corrected chi connectivity index (χ3v) is 9.03. The first-order valence-electron chi connectivity index (χ1n) is 15.3. The van der Waals surface area contributed by atoms with Crippen LogP contribution in [0.3, 0.4) is 0 Å². The summed E-state index contributed by atoms with van der Waals surface area (Å²) >= 11 is 7.52. The van der Waals surface area contributed by atoms with Gasteiger partial charge in [-0.25, -0.2) is 0 Å². The van der Waals surface area contributed by atoms with E-state index in [0.29, 0.717) is 16.3 Å². The topological polar surface area (TPSA) is 83.8 Å². The third-order valence-electron chi connectivity index (χ3n) is 7.78. The molecule has 0 atom stereocenters. The van der Waals surface area contributed by atoms with Crippen LogP contribution >= 0.6 is 23.4 Å². The maximum Gasteiger partial charge on any atom is 0.285 e. The van der Waals surface area contributed by atoms with Crippen molar-refractivity contribution >= 4 is 52.3 Å². The van der Waals surface area contributed by atoms with Gasteiger partial charge in [0.2, 0.25) is 5.91 Å². The molecule has 1 aliphatic heterocycles. The van der Waals surface area contributed by atoms with Crippen LogP contribution in [0.25, 0.3) is 11.8 Å². The van der Waals surface area contributed by atoms with Crippen molar-refractivity contribution in [3.05, 3.63) is 166 Å². The Morgan fingerprint density at radius 1 is 0.979 bits per heavy atom. The number of rotatable bonds is 10. The molecule has 3 aromatic carbocycles. The fourth-order valence-corrected chi connectivity index (χ4v) is 6.51. The Morgan fingerprint density at radius 2 is 1.60 bits per heavy atom. The highest BCUT2D eigenvalue weighted by molar-refractivity contribution is 8.14. The summed E-state index contributed by atoms with van der Waals surface area (Å²) in [6, 6.07) is 28.4. The molecule has 9 heteroatoms. The van der Waals surface area contributed by atoms with E-state index in [2.05, 4.69) is 16.9 Å². The van der Waals surface area contributed by atoms with Gasteiger partial charge in [-0.3, -0.25) is 19.3 Å². The summed E-state index contributed by atoms with van der Waals surface area (Å²) in [7, 11) is 0. The minimum atomic E-state index is -0.684. The van der Waals surface area contributed by atoms with Crippen molar-refractivity contribution in [1.82, 2.24) is 14.8 Å². The molecule has 2 heterocycles. The van der Waals surface area contributed by atoms with Crippen molar-refractivity contribution in [3.63, 3.8) is 0 Å². The number of thioether (sulfide) groups is 1. The number of carbonyl (C=O) groups excluding carboxylic acids is 3. The average Bonchev–Trinajstić information content (AvgIpc) is 3.38. The molecule has 48 heavy (non-hydrogen) atoms. The SMILES string of the molecule is C=C/C=C\C(=C/C)N1C(=O)/C(=C/c2cc(C)n(-c3ccccc3Cl)c2C)C(=O)N=C1SCC(=O)NC(c1ccccc1)c1ccccc1. The van der Waals surface area contributed by atoms with Crippen molar-refractivity contribution in [2.75, 3.05) is 5.75 Å². The number of amides is 3. The zero-order valence-corrected chi connectivity index (χ0v) is 28.5. The average molecular weight is 675 g/mol. The molecule has 0 unspecified atom stereocenters. The van der Waals surface area contributed by atoms with Crippen LogP contribution in [0.15, 0.2) is 138 Å². The van der Waals surface area contributed by atoms with Gasteiger partial charge in [0.1, 0.15) is 5.57 Å². The van der Waals surface area contributed by atoms with Crippen molar-refractivity contribution < 1.29 is 14.4 Å². The van der Waals surface area contributed by atoms with Crippen molar-refractivity contribution in [2.45, 2.75) is 26.8 Å². The van der Waals surface area contributed by atoms with E-state index in [4.69, 9.17) is 11.6 Å². The van der Waals surface area contributed by atoms with E-state index in [1.165, 1.54) is 4.90 Å². The second-order valence-electron chi connectivity index (χ2n) is 10.9. The number of benzene rings is 3. The number of hydrogen-bond acceptors (Lipinski definition) is 4. The second-order valence-corrected chi connectivity index (χ2v) is 12.3. The number of hydrogen-bond donors (Lipinski definition) is 1. The number of carbonyl (C=O) groups is 3. The van der Waals surface area contributed by atoms with E-state index in [-0.39, 0.29) is 28.4 Å². The molecular weight excluding hydrogens is 640 g/mol. The highest BCUT2D eigenvalue weighted by Crippen LogP contribution is 2.30. The zero-order valence-electron chi connectivity index (χ0n) is 26.9. The Balaban J connectivity index is 1.45. The molecule has 4 aromatic rings. The predicted octanol–water partition coefficient (Wildman–Crippen LogP) is 8.14. The number of nitrogens with zero attached hydrogens (tertiary/aromatic N) is 3. The molecule has 0 saturated heterocycles. The quantitative estimate of drug-likeness (QED) is 0.105. The maximum absolute atomic E-state index is 14.1. The zero-order chi connectivity index (χ0) is 34.2. The van der Waals surface area contributed by atoms with Crippen LogP contribution in [0.5, 0.6) is 0 Å². The van der Waals surface area contributed by atoms with E-state index in [1.807, 2.05) is 109 Å². The number of amidine groups is 1. The van der Waals surface area contributed by atoms with E-state index < -0.39 is 11.8 Å². The Hall–Kier alpha value is -5.18. The molecule has 1 N–H and O–H groups in total. The van der Waals surface area contributed by atoms with Crippen LogP contribution in [0.2, 0.25) is 5.02 Å². The van der Waals surface area contributed by atoms with E-state index >= 15 is 0 Å². The lowest BCUT2D eigenvalue weighted by Crippen LogP contribution is -2.42. The summed E-state index contributed by atoms with van der Waals surface area (Å²) in [5.41, 5.74) is 5.43. The van der Waals surface area contributed by atoms with Crippen LogP contribution in [-0.2, 0) is 14.4 Å². The first kappa shape index (κ1) is 34.2.